The summed E-state index contributed by atoms with van der Waals surface area (Å²) in [5.41, 5.74) is 8.02. The molecule has 0 fully saturated rings. The van der Waals surface area contributed by atoms with E-state index in [9.17, 15) is 0 Å². The molecule has 2 rings (SSSR count). The molecule has 0 aliphatic heterocycles. The molecule has 1 heterocycles. The first-order valence-electron chi connectivity index (χ1n) is 7.59. The predicted octanol–water partition coefficient (Wildman–Crippen LogP) is 4.34. The average molecular weight is 280 g/mol. The third-order valence-corrected chi connectivity index (χ3v) is 6.20. The van der Waals surface area contributed by atoms with Crippen LogP contribution in [0.15, 0.2) is 0 Å². The van der Waals surface area contributed by atoms with E-state index in [0.29, 0.717) is 11.3 Å². The van der Waals surface area contributed by atoms with E-state index < -0.39 is 0 Å². The minimum Gasteiger partial charge on any atom is -0.322 e. The van der Waals surface area contributed by atoms with Crippen LogP contribution in [0.5, 0.6) is 0 Å². The summed E-state index contributed by atoms with van der Waals surface area (Å²) in [6, 6.07) is 0.105. The number of thiazole rings is 1. The van der Waals surface area contributed by atoms with Gasteiger partial charge in [-0.2, -0.15) is 0 Å². The minimum absolute atomic E-state index is 0.105. The van der Waals surface area contributed by atoms with Crippen LogP contribution in [-0.4, -0.2) is 4.98 Å². The topological polar surface area (TPSA) is 38.9 Å². The molecule has 0 amide bonds. The van der Waals surface area contributed by atoms with E-state index >= 15 is 0 Å². The Hall–Kier alpha value is -0.410. The molecular weight excluding hydrogens is 252 g/mol. The Labute approximate surface area is 121 Å². The first-order valence-corrected chi connectivity index (χ1v) is 8.40. The summed E-state index contributed by atoms with van der Waals surface area (Å²) < 4.78 is 0. The summed E-state index contributed by atoms with van der Waals surface area (Å²) in [5, 5.41) is 1.15. The minimum atomic E-state index is 0.105. The predicted molar refractivity (Wildman–Crippen MR) is 83.5 cm³/mol. The van der Waals surface area contributed by atoms with Gasteiger partial charge in [0, 0.05) is 4.88 Å². The van der Waals surface area contributed by atoms with Gasteiger partial charge in [0.15, 0.2) is 0 Å². The van der Waals surface area contributed by atoms with E-state index in [-0.39, 0.29) is 6.04 Å². The molecule has 0 radical (unpaired) electrons. The highest BCUT2D eigenvalue weighted by molar-refractivity contribution is 7.11. The van der Waals surface area contributed by atoms with Crippen molar-refractivity contribution in [2.45, 2.75) is 66.3 Å². The molecule has 0 spiro atoms. The molecule has 0 bridgehead atoms. The number of nitrogens with two attached hydrogens (primary N) is 1. The lowest BCUT2D eigenvalue weighted by molar-refractivity contribution is 0.183. The third kappa shape index (κ3) is 3.03. The molecule has 0 saturated heterocycles. The number of nitrogens with zero attached hydrogens (tertiary/aromatic N) is 1. The quantitative estimate of drug-likeness (QED) is 0.891. The lowest BCUT2D eigenvalue weighted by Gasteiger charge is -2.35. The van der Waals surface area contributed by atoms with Crippen molar-refractivity contribution in [3.05, 3.63) is 15.6 Å². The van der Waals surface area contributed by atoms with Crippen LogP contribution < -0.4 is 5.73 Å². The van der Waals surface area contributed by atoms with Crippen LogP contribution in [0.4, 0.5) is 0 Å². The van der Waals surface area contributed by atoms with Gasteiger partial charge < -0.3 is 5.73 Å². The van der Waals surface area contributed by atoms with Gasteiger partial charge in [0.2, 0.25) is 0 Å². The molecule has 1 aromatic rings. The molecule has 108 valence electrons. The number of hydrogen-bond donors (Lipinski definition) is 1. The van der Waals surface area contributed by atoms with E-state index in [4.69, 9.17) is 10.7 Å². The van der Waals surface area contributed by atoms with Gasteiger partial charge in [-0.05, 0) is 36.5 Å². The second-order valence-corrected chi connectivity index (χ2v) is 8.09. The SMILES string of the molecule is CCC(C)(C)C1CCc2nc(C(N)C(C)C)sc2C1. The maximum absolute atomic E-state index is 6.24. The average Bonchev–Trinajstić information content (AvgIpc) is 2.80. The maximum atomic E-state index is 6.24. The molecule has 0 saturated carbocycles. The summed E-state index contributed by atoms with van der Waals surface area (Å²) in [7, 11) is 0. The summed E-state index contributed by atoms with van der Waals surface area (Å²) in [6.45, 7) is 11.5. The van der Waals surface area contributed by atoms with Crippen molar-refractivity contribution in [3.8, 4) is 0 Å². The van der Waals surface area contributed by atoms with Crippen LogP contribution in [0.25, 0.3) is 0 Å². The number of aromatic nitrogens is 1. The van der Waals surface area contributed by atoms with Crippen molar-refractivity contribution in [3.63, 3.8) is 0 Å². The standard InChI is InChI=1S/C16H28N2S/c1-6-16(4,5)11-7-8-12-13(9-11)19-15(18-12)14(17)10(2)3/h10-11,14H,6-9,17H2,1-5H3. The zero-order valence-corrected chi connectivity index (χ0v) is 13.8. The zero-order valence-electron chi connectivity index (χ0n) is 13.0. The molecular formula is C16H28N2S. The van der Waals surface area contributed by atoms with Gasteiger partial charge in [-0.25, -0.2) is 4.98 Å². The van der Waals surface area contributed by atoms with Gasteiger partial charge in [-0.1, -0.05) is 41.0 Å². The molecule has 19 heavy (non-hydrogen) atoms. The Bertz CT molecular complexity index is 434. The fourth-order valence-corrected chi connectivity index (χ4v) is 4.14. The smallest absolute Gasteiger partial charge is 0.110 e. The Morgan fingerprint density at radius 3 is 2.68 bits per heavy atom. The number of hydrogen-bond acceptors (Lipinski definition) is 3. The van der Waals surface area contributed by atoms with Crippen LogP contribution in [-0.2, 0) is 12.8 Å². The summed E-state index contributed by atoms with van der Waals surface area (Å²) in [6.07, 6.45) is 4.89. The van der Waals surface area contributed by atoms with Gasteiger partial charge in [0.25, 0.3) is 0 Å². The normalized spacial score (nSPS) is 21.5. The van der Waals surface area contributed by atoms with Crippen LogP contribution >= 0.6 is 11.3 Å². The van der Waals surface area contributed by atoms with E-state index in [2.05, 4.69) is 34.6 Å². The highest BCUT2D eigenvalue weighted by atomic mass is 32.1. The molecule has 2 unspecified atom stereocenters. The Morgan fingerprint density at radius 2 is 2.11 bits per heavy atom. The van der Waals surface area contributed by atoms with E-state index in [1.54, 1.807) is 0 Å². The monoisotopic (exact) mass is 280 g/mol. The molecule has 1 aliphatic rings. The van der Waals surface area contributed by atoms with Crippen molar-refractivity contribution in [2.75, 3.05) is 0 Å². The second-order valence-electron chi connectivity index (χ2n) is 6.97. The van der Waals surface area contributed by atoms with Crippen molar-refractivity contribution >= 4 is 11.3 Å². The zero-order chi connectivity index (χ0) is 14.2. The van der Waals surface area contributed by atoms with Crippen molar-refractivity contribution in [2.24, 2.45) is 23.0 Å². The largest absolute Gasteiger partial charge is 0.322 e. The van der Waals surface area contributed by atoms with Gasteiger partial charge in [0.05, 0.1) is 11.7 Å². The summed E-state index contributed by atoms with van der Waals surface area (Å²) in [4.78, 5) is 6.31. The third-order valence-electron chi connectivity index (χ3n) is 4.98. The van der Waals surface area contributed by atoms with Gasteiger partial charge in [-0.15, -0.1) is 11.3 Å². The van der Waals surface area contributed by atoms with Crippen LogP contribution in [0, 0.1) is 17.3 Å². The Kier molecular flexibility index (Phi) is 4.36. The molecule has 3 heteroatoms. The van der Waals surface area contributed by atoms with Crippen LogP contribution in [0.1, 0.15) is 69.1 Å². The van der Waals surface area contributed by atoms with Crippen molar-refractivity contribution in [1.82, 2.24) is 4.98 Å². The summed E-state index contributed by atoms with van der Waals surface area (Å²) >= 11 is 1.87. The highest BCUT2D eigenvalue weighted by Crippen LogP contribution is 2.42. The van der Waals surface area contributed by atoms with Crippen molar-refractivity contribution in [1.29, 1.82) is 0 Å². The first kappa shape index (κ1) is 15.0. The molecule has 2 N–H and O–H groups in total. The fourth-order valence-electron chi connectivity index (χ4n) is 2.78. The number of rotatable bonds is 4. The number of aryl methyl sites for hydroxylation is 1. The molecule has 1 aliphatic carbocycles. The molecule has 2 nitrogen and oxygen atoms in total. The lowest BCUT2D eigenvalue weighted by atomic mass is 9.70. The van der Waals surface area contributed by atoms with Crippen molar-refractivity contribution < 1.29 is 0 Å². The Balaban J connectivity index is 2.18. The fraction of sp³-hybridized carbons (Fsp3) is 0.812. The van der Waals surface area contributed by atoms with E-state index in [1.165, 1.54) is 29.8 Å². The highest BCUT2D eigenvalue weighted by Gasteiger charge is 2.33. The van der Waals surface area contributed by atoms with E-state index in [0.717, 1.165) is 17.3 Å². The van der Waals surface area contributed by atoms with E-state index in [1.807, 2.05) is 11.3 Å². The lowest BCUT2D eigenvalue weighted by Crippen LogP contribution is -2.28. The summed E-state index contributed by atoms with van der Waals surface area (Å²) in [5.74, 6) is 1.27. The van der Waals surface area contributed by atoms with Gasteiger partial charge >= 0.3 is 0 Å². The van der Waals surface area contributed by atoms with Crippen LogP contribution in [0.3, 0.4) is 0 Å². The van der Waals surface area contributed by atoms with Gasteiger partial charge in [-0.3, -0.25) is 0 Å². The maximum Gasteiger partial charge on any atom is 0.110 e. The molecule has 0 aromatic carbocycles. The first-order chi connectivity index (χ1) is 8.85. The van der Waals surface area contributed by atoms with Gasteiger partial charge in [0.1, 0.15) is 5.01 Å². The number of fused-ring (bicyclic) bond motifs is 1. The molecule has 2 atom stereocenters. The Morgan fingerprint density at radius 1 is 1.42 bits per heavy atom. The second kappa shape index (κ2) is 5.53. The van der Waals surface area contributed by atoms with Crippen LogP contribution in [0.2, 0.25) is 0 Å². The molecule has 1 aromatic heterocycles.